The number of benzene rings is 2. The number of hydrogen-bond donors (Lipinski definition) is 1. The van der Waals surface area contributed by atoms with Gasteiger partial charge in [0.25, 0.3) is 0 Å². The molecule has 0 bridgehead atoms. The quantitative estimate of drug-likeness (QED) is 0.731. The van der Waals surface area contributed by atoms with Gasteiger partial charge in [-0.05, 0) is 29.8 Å². The lowest BCUT2D eigenvalue weighted by atomic mass is 10.0. The Kier molecular flexibility index (Phi) is 6.14. The van der Waals surface area contributed by atoms with Crippen LogP contribution in [0, 0.1) is 5.82 Å². The predicted molar refractivity (Wildman–Crippen MR) is 106 cm³/mol. The second-order valence-corrected chi connectivity index (χ2v) is 6.61. The van der Waals surface area contributed by atoms with E-state index in [0.29, 0.717) is 25.9 Å². The minimum atomic E-state index is -0.275. The topological polar surface area (TPSA) is 45.5 Å². The van der Waals surface area contributed by atoms with Crippen molar-refractivity contribution in [3.8, 4) is 0 Å². The highest BCUT2D eigenvalue weighted by Crippen LogP contribution is 2.25. The highest BCUT2D eigenvalue weighted by Gasteiger charge is 2.27. The molecule has 1 atom stereocenters. The van der Waals surface area contributed by atoms with E-state index in [4.69, 9.17) is 4.42 Å². The standard InChI is InChI=1S/C21H21FN2O2.ClH/c22-17-6-3-5-15(12-17)19-14-23-10-11-24(19)21(25)9-8-18-13-16-4-1-2-7-20(16)26-18;/h1-7,12-13,19,23H,8-11,14H2;1H. The molecule has 0 aliphatic carbocycles. The number of carbonyl (C=O) groups excluding carboxylic acids is 1. The molecular weight excluding hydrogens is 367 g/mol. The first kappa shape index (κ1) is 19.4. The molecule has 27 heavy (non-hydrogen) atoms. The normalized spacial score (nSPS) is 16.9. The number of fused-ring (bicyclic) bond motifs is 1. The van der Waals surface area contributed by atoms with Crippen LogP contribution in [0.4, 0.5) is 4.39 Å². The van der Waals surface area contributed by atoms with Crippen LogP contribution in [0.15, 0.2) is 59.0 Å². The summed E-state index contributed by atoms with van der Waals surface area (Å²) < 4.78 is 19.4. The number of nitrogens with one attached hydrogen (secondary N) is 1. The highest BCUT2D eigenvalue weighted by atomic mass is 35.5. The molecule has 1 aromatic heterocycles. The van der Waals surface area contributed by atoms with Gasteiger partial charge in [-0.2, -0.15) is 0 Å². The first-order chi connectivity index (χ1) is 12.7. The van der Waals surface area contributed by atoms with Crippen molar-refractivity contribution in [1.82, 2.24) is 10.2 Å². The van der Waals surface area contributed by atoms with E-state index < -0.39 is 0 Å². The number of hydrogen-bond acceptors (Lipinski definition) is 3. The number of piperazine rings is 1. The number of furan rings is 1. The minimum Gasteiger partial charge on any atom is -0.461 e. The third-order valence-corrected chi connectivity index (χ3v) is 4.86. The average molecular weight is 389 g/mol. The molecule has 1 aliphatic heterocycles. The van der Waals surface area contributed by atoms with Crippen molar-refractivity contribution in [2.24, 2.45) is 0 Å². The van der Waals surface area contributed by atoms with Crippen molar-refractivity contribution in [3.63, 3.8) is 0 Å². The molecule has 3 aromatic rings. The van der Waals surface area contributed by atoms with Gasteiger partial charge in [0.05, 0.1) is 6.04 Å². The Morgan fingerprint density at radius 2 is 2.04 bits per heavy atom. The Morgan fingerprint density at radius 3 is 2.85 bits per heavy atom. The van der Waals surface area contributed by atoms with Gasteiger partial charge in [0.2, 0.25) is 5.91 Å². The van der Waals surface area contributed by atoms with Crippen LogP contribution >= 0.6 is 12.4 Å². The first-order valence-corrected chi connectivity index (χ1v) is 8.94. The molecule has 1 fully saturated rings. The number of carbonyl (C=O) groups is 1. The number of amides is 1. The van der Waals surface area contributed by atoms with Gasteiger partial charge < -0.3 is 14.6 Å². The van der Waals surface area contributed by atoms with Crippen LogP contribution in [-0.2, 0) is 11.2 Å². The fraction of sp³-hybridized carbons (Fsp3) is 0.286. The maximum absolute atomic E-state index is 13.6. The van der Waals surface area contributed by atoms with Gasteiger partial charge in [0.1, 0.15) is 17.2 Å². The second kappa shape index (κ2) is 8.55. The maximum atomic E-state index is 13.6. The van der Waals surface area contributed by atoms with Gasteiger partial charge in [0, 0.05) is 37.9 Å². The predicted octanol–water partition coefficient (Wildman–Crippen LogP) is 4.10. The Labute approximate surface area is 163 Å². The molecule has 0 saturated carbocycles. The summed E-state index contributed by atoms with van der Waals surface area (Å²) in [5.74, 6) is 0.612. The molecule has 0 spiro atoms. The molecular formula is C21H22ClFN2O2. The molecule has 4 nitrogen and oxygen atoms in total. The average Bonchev–Trinajstić information content (AvgIpc) is 3.09. The van der Waals surface area contributed by atoms with E-state index in [1.807, 2.05) is 41.3 Å². The molecule has 1 unspecified atom stereocenters. The number of nitrogens with zero attached hydrogens (tertiary/aromatic N) is 1. The summed E-state index contributed by atoms with van der Waals surface area (Å²) in [5.41, 5.74) is 1.67. The summed E-state index contributed by atoms with van der Waals surface area (Å²) in [4.78, 5) is 14.7. The summed E-state index contributed by atoms with van der Waals surface area (Å²) in [6.45, 7) is 2.02. The monoisotopic (exact) mass is 388 g/mol. The number of aryl methyl sites for hydroxylation is 1. The molecule has 1 saturated heterocycles. The zero-order valence-electron chi connectivity index (χ0n) is 14.9. The van der Waals surface area contributed by atoms with Gasteiger partial charge in [-0.3, -0.25) is 4.79 Å². The SMILES string of the molecule is Cl.O=C(CCc1cc2ccccc2o1)N1CCNCC1c1cccc(F)c1. The summed E-state index contributed by atoms with van der Waals surface area (Å²) >= 11 is 0. The van der Waals surface area contributed by atoms with Crippen LogP contribution in [0.5, 0.6) is 0 Å². The number of halogens is 2. The van der Waals surface area contributed by atoms with E-state index in [1.54, 1.807) is 6.07 Å². The first-order valence-electron chi connectivity index (χ1n) is 8.94. The highest BCUT2D eigenvalue weighted by molar-refractivity contribution is 5.85. The fourth-order valence-electron chi connectivity index (χ4n) is 3.55. The van der Waals surface area contributed by atoms with Gasteiger partial charge in [0.15, 0.2) is 0 Å². The summed E-state index contributed by atoms with van der Waals surface area (Å²) in [6, 6.07) is 16.2. The van der Waals surface area contributed by atoms with Crippen LogP contribution in [0.3, 0.4) is 0 Å². The lowest BCUT2D eigenvalue weighted by Crippen LogP contribution is -2.48. The van der Waals surface area contributed by atoms with Crippen LogP contribution in [0.1, 0.15) is 23.8 Å². The zero-order valence-corrected chi connectivity index (χ0v) is 15.7. The zero-order chi connectivity index (χ0) is 17.9. The Morgan fingerprint density at radius 1 is 1.19 bits per heavy atom. The van der Waals surface area contributed by atoms with Crippen molar-refractivity contribution < 1.29 is 13.6 Å². The van der Waals surface area contributed by atoms with Crippen LogP contribution < -0.4 is 5.32 Å². The summed E-state index contributed by atoms with van der Waals surface area (Å²) in [7, 11) is 0. The van der Waals surface area contributed by atoms with Crippen LogP contribution in [0.2, 0.25) is 0 Å². The van der Waals surface area contributed by atoms with Gasteiger partial charge >= 0.3 is 0 Å². The van der Waals surface area contributed by atoms with Gasteiger partial charge in [-0.25, -0.2) is 4.39 Å². The van der Waals surface area contributed by atoms with Gasteiger partial charge in [-0.1, -0.05) is 30.3 Å². The molecule has 4 rings (SSSR count). The molecule has 0 radical (unpaired) electrons. The third-order valence-electron chi connectivity index (χ3n) is 4.86. The Balaban J connectivity index is 0.00000210. The van der Waals surface area contributed by atoms with Crippen molar-refractivity contribution in [2.45, 2.75) is 18.9 Å². The van der Waals surface area contributed by atoms with E-state index in [-0.39, 0.29) is 30.2 Å². The van der Waals surface area contributed by atoms with Crippen LogP contribution in [-0.4, -0.2) is 30.4 Å². The second-order valence-electron chi connectivity index (χ2n) is 6.61. The lowest BCUT2D eigenvalue weighted by molar-refractivity contribution is -0.134. The fourth-order valence-corrected chi connectivity index (χ4v) is 3.55. The smallest absolute Gasteiger partial charge is 0.223 e. The Hall–Kier alpha value is -2.37. The van der Waals surface area contributed by atoms with Crippen molar-refractivity contribution in [1.29, 1.82) is 0 Å². The minimum absolute atomic E-state index is 0. The van der Waals surface area contributed by atoms with Gasteiger partial charge in [-0.15, -0.1) is 12.4 Å². The maximum Gasteiger partial charge on any atom is 0.223 e. The molecule has 1 aliphatic rings. The molecule has 142 valence electrons. The summed E-state index contributed by atoms with van der Waals surface area (Å²) in [5, 5.41) is 4.35. The molecule has 1 amide bonds. The van der Waals surface area contributed by atoms with Crippen LogP contribution in [0.25, 0.3) is 11.0 Å². The third kappa shape index (κ3) is 4.31. The van der Waals surface area contributed by atoms with E-state index in [0.717, 1.165) is 28.8 Å². The van der Waals surface area contributed by atoms with Crippen molar-refractivity contribution in [2.75, 3.05) is 19.6 Å². The molecule has 6 heteroatoms. The van der Waals surface area contributed by atoms with E-state index in [1.165, 1.54) is 12.1 Å². The largest absolute Gasteiger partial charge is 0.461 e. The van der Waals surface area contributed by atoms with E-state index >= 15 is 0 Å². The van der Waals surface area contributed by atoms with E-state index in [9.17, 15) is 9.18 Å². The molecule has 2 aromatic carbocycles. The van der Waals surface area contributed by atoms with Crippen molar-refractivity contribution in [3.05, 3.63) is 71.7 Å². The number of rotatable bonds is 4. The molecule has 2 heterocycles. The lowest BCUT2D eigenvalue weighted by Gasteiger charge is -2.36. The Bertz CT molecular complexity index is 894. The molecule has 1 N–H and O–H groups in total. The van der Waals surface area contributed by atoms with Crippen molar-refractivity contribution >= 4 is 29.3 Å². The van der Waals surface area contributed by atoms with E-state index in [2.05, 4.69) is 5.32 Å². The number of para-hydroxylation sites is 1. The summed E-state index contributed by atoms with van der Waals surface area (Å²) in [6.07, 6.45) is 0.943.